The van der Waals surface area contributed by atoms with E-state index in [-0.39, 0.29) is 98.6 Å². The first-order valence-electron chi connectivity index (χ1n) is 28.9. The number of nitrogens with one attached hydrogen (secondary N) is 7. The molecule has 83 heavy (non-hydrogen) atoms. The SMILES string of the molecule is CN[C@@H](C)C(=O)N[C@H](C(=O)N1C[C@@H](CC(=O)c2cc(C(=O)C[C@H]3C[C@@H](C(=O)NCC(c4ccccc4)c4ccccc4)N(C(=O)[C@@H](NC(=O)[C@H](C)NC)C(C)(C)C)C3)[nH]n2)C[C@H]1C(=O)NCC(c1ccccc1)c1ccccc1)C(C)(C)C. The van der Waals surface area contributed by atoms with Crippen molar-refractivity contribution in [2.75, 3.05) is 40.3 Å². The van der Waals surface area contributed by atoms with Gasteiger partial charge in [-0.15, -0.1) is 0 Å². The van der Waals surface area contributed by atoms with E-state index in [0.29, 0.717) is 0 Å². The van der Waals surface area contributed by atoms with Crippen LogP contribution >= 0.6 is 0 Å². The van der Waals surface area contributed by atoms with Gasteiger partial charge in [0.05, 0.1) is 12.1 Å². The molecule has 442 valence electrons. The highest BCUT2D eigenvalue weighted by Gasteiger charge is 2.48. The first-order chi connectivity index (χ1) is 39.5. The molecule has 18 heteroatoms. The molecule has 0 saturated carbocycles. The van der Waals surface area contributed by atoms with Crippen molar-refractivity contribution in [2.45, 2.75) is 129 Å². The lowest BCUT2D eigenvalue weighted by Gasteiger charge is -2.36. The molecule has 2 saturated heterocycles. The normalized spacial score (nSPS) is 18.7. The van der Waals surface area contributed by atoms with Crippen molar-refractivity contribution < 1.29 is 38.4 Å². The van der Waals surface area contributed by atoms with Crippen LogP contribution in [0.5, 0.6) is 0 Å². The number of aromatic amines is 1. The molecule has 3 heterocycles. The second kappa shape index (κ2) is 28.0. The number of rotatable bonds is 24. The molecule has 4 aromatic carbocycles. The second-order valence-electron chi connectivity index (χ2n) is 24.5. The van der Waals surface area contributed by atoms with Crippen LogP contribution in [-0.4, -0.2) is 144 Å². The van der Waals surface area contributed by atoms with E-state index in [2.05, 4.69) is 42.1 Å². The van der Waals surface area contributed by atoms with Gasteiger partial charge in [0.1, 0.15) is 35.6 Å². The van der Waals surface area contributed by atoms with Crippen LogP contribution < -0.4 is 31.9 Å². The zero-order chi connectivity index (χ0) is 60.2. The van der Waals surface area contributed by atoms with Crippen LogP contribution in [0.3, 0.4) is 0 Å². The zero-order valence-corrected chi connectivity index (χ0v) is 49.7. The molecule has 2 aliphatic heterocycles. The lowest BCUT2D eigenvalue weighted by atomic mass is 9.85. The molecular formula is C65H84N10O8. The monoisotopic (exact) mass is 1130 g/mol. The number of H-pyrrole nitrogens is 1. The lowest BCUT2D eigenvalue weighted by Crippen LogP contribution is -2.59. The summed E-state index contributed by atoms with van der Waals surface area (Å²) in [5.41, 5.74) is 2.55. The van der Waals surface area contributed by atoms with Crippen LogP contribution in [0.4, 0.5) is 0 Å². The Balaban J connectivity index is 1.08. The van der Waals surface area contributed by atoms with Crippen LogP contribution in [0.25, 0.3) is 0 Å². The number of ketones is 2. The molecule has 0 spiro atoms. The Bertz CT molecular complexity index is 2750. The number of likely N-dealkylation sites (N-methyl/N-ethyl adjacent to an activating group) is 2. The van der Waals surface area contributed by atoms with Crippen LogP contribution in [0.15, 0.2) is 127 Å². The molecule has 1 aromatic heterocycles. The number of carbonyl (C=O) groups is 8. The Morgan fingerprint density at radius 2 is 0.867 bits per heavy atom. The van der Waals surface area contributed by atoms with Gasteiger partial charge in [0.2, 0.25) is 35.4 Å². The number of carbonyl (C=O) groups excluding carboxylic acids is 8. The van der Waals surface area contributed by atoms with E-state index in [9.17, 15) is 38.4 Å². The summed E-state index contributed by atoms with van der Waals surface area (Å²) in [6.45, 7) is 15.0. The van der Waals surface area contributed by atoms with Crippen molar-refractivity contribution >= 4 is 47.0 Å². The molecule has 5 aromatic rings. The van der Waals surface area contributed by atoms with Gasteiger partial charge in [-0.05, 0) is 91.8 Å². The van der Waals surface area contributed by atoms with E-state index in [1.807, 2.05) is 163 Å². The lowest BCUT2D eigenvalue weighted by molar-refractivity contribution is -0.144. The van der Waals surface area contributed by atoms with Gasteiger partial charge in [-0.25, -0.2) is 0 Å². The third kappa shape index (κ3) is 16.0. The van der Waals surface area contributed by atoms with Crippen LogP contribution in [0, 0.1) is 22.7 Å². The fourth-order valence-electron chi connectivity index (χ4n) is 11.1. The predicted molar refractivity (Wildman–Crippen MR) is 319 cm³/mol. The van der Waals surface area contributed by atoms with E-state index in [4.69, 9.17) is 0 Å². The van der Waals surface area contributed by atoms with Crippen molar-refractivity contribution in [3.63, 3.8) is 0 Å². The third-order valence-electron chi connectivity index (χ3n) is 16.3. The van der Waals surface area contributed by atoms with Crippen molar-refractivity contribution in [2.24, 2.45) is 22.7 Å². The summed E-state index contributed by atoms with van der Waals surface area (Å²) in [7, 11) is 3.30. The molecule has 0 radical (unpaired) electrons. The maximum absolute atomic E-state index is 14.8. The summed E-state index contributed by atoms with van der Waals surface area (Å²) in [5.74, 6) is -4.59. The van der Waals surface area contributed by atoms with E-state index in [1.165, 1.54) is 15.9 Å². The zero-order valence-electron chi connectivity index (χ0n) is 49.7. The van der Waals surface area contributed by atoms with Crippen molar-refractivity contribution in [3.05, 3.63) is 161 Å². The van der Waals surface area contributed by atoms with Gasteiger partial charge < -0.3 is 41.7 Å². The minimum atomic E-state index is -1.01. The van der Waals surface area contributed by atoms with Crippen molar-refractivity contribution in [3.8, 4) is 0 Å². The topological polar surface area (TPSA) is 244 Å². The maximum atomic E-state index is 14.8. The fraction of sp³-hybridized carbons (Fsp3) is 0.462. The Kier molecular flexibility index (Phi) is 21.1. The minimum Gasteiger partial charge on any atom is -0.353 e. The van der Waals surface area contributed by atoms with Gasteiger partial charge in [-0.1, -0.05) is 163 Å². The largest absolute Gasteiger partial charge is 0.353 e. The molecule has 0 bridgehead atoms. The molecule has 8 atom stereocenters. The van der Waals surface area contributed by atoms with Gasteiger partial charge in [-0.3, -0.25) is 43.5 Å². The maximum Gasteiger partial charge on any atom is 0.246 e. The Morgan fingerprint density at radius 3 is 1.19 bits per heavy atom. The van der Waals surface area contributed by atoms with Crippen molar-refractivity contribution in [1.82, 2.24) is 51.9 Å². The number of Topliss-reactive ketones (excluding diaryl/α,β-unsaturated/α-hetero) is 2. The standard InChI is InChI=1S/C65H84N10O8/c1-40(66-9)58(78)70-56(64(3,4)5)62(82)74-38-42(31-52(74)60(80)68-36-48(44-23-15-11-16-24-44)45-25-17-12-18-26-45)33-54(76)50-35-51(73-72-50)55(77)34-43-32-53(75(39-43)63(83)57(65(6,7)8)71-59(79)41(2)67-10)61(81)69-37-49(46-27-19-13-20-28-46)47-29-21-14-22-30-47/h11-30,35,40-43,48-49,52-53,56-57,66-67H,31-34,36-39H2,1-10H3,(H,68,80)(H,69,81)(H,70,78)(H,71,79)(H,72,73)/t40-,41-,42+,43+,52-,53-,56+,57+/m0/s1. The first-order valence-corrected chi connectivity index (χ1v) is 28.9. The number of aromatic nitrogens is 2. The summed E-state index contributed by atoms with van der Waals surface area (Å²) < 4.78 is 0. The third-order valence-corrected chi connectivity index (χ3v) is 16.3. The average molecular weight is 1130 g/mol. The summed E-state index contributed by atoms with van der Waals surface area (Å²) in [4.78, 5) is 117. The average Bonchev–Trinajstić information content (AvgIpc) is 4.49. The van der Waals surface area contributed by atoms with Crippen LogP contribution in [0.1, 0.15) is 136 Å². The Hall–Kier alpha value is -7.83. The van der Waals surface area contributed by atoms with E-state index in [0.717, 1.165) is 22.3 Å². The van der Waals surface area contributed by atoms with Crippen LogP contribution in [-0.2, 0) is 28.8 Å². The quantitative estimate of drug-likeness (QED) is 0.0345. The number of hydrogen-bond acceptors (Lipinski definition) is 11. The molecule has 18 nitrogen and oxygen atoms in total. The summed E-state index contributed by atoms with van der Waals surface area (Å²) >= 11 is 0. The van der Waals surface area contributed by atoms with Gasteiger partial charge in [0.25, 0.3) is 0 Å². The Labute approximate surface area is 488 Å². The predicted octanol–water partition coefficient (Wildman–Crippen LogP) is 6.16. The highest BCUT2D eigenvalue weighted by Crippen LogP contribution is 2.34. The number of likely N-dealkylation sites (tertiary alicyclic amines) is 2. The molecule has 7 rings (SSSR count). The number of benzene rings is 4. The van der Waals surface area contributed by atoms with Gasteiger partial charge >= 0.3 is 0 Å². The van der Waals surface area contributed by atoms with Gasteiger partial charge in [-0.2, -0.15) is 5.10 Å². The van der Waals surface area contributed by atoms with E-state index in [1.54, 1.807) is 27.9 Å². The molecule has 0 unspecified atom stereocenters. The number of nitrogens with zero attached hydrogens (tertiary/aromatic N) is 3. The molecule has 0 aliphatic carbocycles. The minimum absolute atomic E-state index is 0.00000146. The Morgan fingerprint density at radius 1 is 0.530 bits per heavy atom. The van der Waals surface area contributed by atoms with Crippen LogP contribution in [0.2, 0.25) is 0 Å². The molecule has 2 aliphatic rings. The fourth-order valence-corrected chi connectivity index (χ4v) is 11.1. The first kappa shape index (κ1) is 62.8. The van der Waals surface area contributed by atoms with E-state index < -0.39 is 82.4 Å². The number of hydrogen-bond donors (Lipinski definition) is 7. The molecule has 6 amide bonds. The summed E-state index contributed by atoms with van der Waals surface area (Å²) in [5, 5.41) is 25.0. The number of amides is 6. The molecular weight excluding hydrogens is 1050 g/mol. The second-order valence-corrected chi connectivity index (χ2v) is 24.5. The molecule has 7 N–H and O–H groups in total. The van der Waals surface area contributed by atoms with Gasteiger partial charge in [0, 0.05) is 50.9 Å². The smallest absolute Gasteiger partial charge is 0.246 e. The highest BCUT2D eigenvalue weighted by atomic mass is 16.2. The highest BCUT2D eigenvalue weighted by molar-refractivity contribution is 6.00. The van der Waals surface area contributed by atoms with E-state index >= 15 is 0 Å². The van der Waals surface area contributed by atoms with Crippen molar-refractivity contribution in [1.29, 1.82) is 0 Å². The summed E-state index contributed by atoms with van der Waals surface area (Å²) in [6, 6.07) is 35.6. The summed E-state index contributed by atoms with van der Waals surface area (Å²) in [6.07, 6.45) is 0.114. The van der Waals surface area contributed by atoms with Gasteiger partial charge in [0.15, 0.2) is 11.6 Å². The molecule has 2 fully saturated rings.